The molecule has 0 aliphatic rings. The molecule has 0 spiro atoms. The zero-order valence-electron chi connectivity index (χ0n) is 26.6. The third-order valence-electron chi connectivity index (χ3n) is 5.86. The number of rotatable bonds is 15. The number of halogens is 1. The van der Waals surface area contributed by atoms with Crippen LogP contribution in [-0.2, 0) is 4.74 Å². The molecule has 1 aromatic carbocycles. The topological polar surface area (TPSA) is 68.7 Å². The first-order chi connectivity index (χ1) is 19.2. The Morgan fingerprint density at radius 2 is 1.85 bits per heavy atom. The summed E-state index contributed by atoms with van der Waals surface area (Å²) in [5.41, 5.74) is 2.82. The second kappa shape index (κ2) is 22.1. The summed E-state index contributed by atoms with van der Waals surface area (Å²) in [4.78, 5) is 11.0. The highest BCUT2D eigenvalue weighted by Gasteiger charge is 2.16. The van der Waals surface area contributed by atoms with Gasteiger partial charge in [-0.1, -0.05) is 63.9 Å². The van der Waals surface area contributed by atoms with Crippen LogP contribution in [0.5, 0.6) is 11.5 Å². The summed E-state index contributed by atoms with van der Waals surface area (Å²) >= 11 is 5.94. The molecular weight excluding hydrogens is 524 g/mol. The zero-order valence-corrected chi connectivity index (χ0v) is 27.3. The van der Waals surface area contributed by atoms with E-state index in [0.717, 1.165) is 30.4 Å². The number of likely N-dealkylation sites (N-methyl/N-ethyl adjacent to an activating group) is 1. The summed E-state index contributed by atoms with van der Waals surface area (Å²) in [5.74, 6) is 1.82. The monoisotopic (exact) mass is 576 g/mol. The molecule has 0 bridgehead atoms. The van der Waals surface area contributed by atoms with Crippen molar-refractivity contribution in [2.75, 3.05) is 45.8 Å². The lowest BCUT2D eigenvalue weighted by atomic mass is 10.2. The Balaban J connectivity index is 0.00000168. The maximum Gasteiger partial charge on any atom is 0.163 e. The molecule has 8 heteroatoms. The van der Waals surface area contributed by atoms with E-state index in [0.29, 0.717) is 41.3 Å². The van der Waals surface area contributed by atoms with Crippen molar-refractivity contribution in [1.82, 2.24) is 14.9 Å². The van der Waals surface area contributed by atoms with E-state index in [1.807, 2.05) is 32.9 Å². The number of ether oxygens (including phenoxy) is 3. The van der Waals surface area contributed by atoms with Crippen molar-refractivity contribution in [1.29, 1.82) is 0 Å². The van der Waals surface area contributed by atoms with Gasteiger partial charge in [-0.25, -0.2) is 9.97 Å². The number of benzene rings is 1. The molecule has 1 unspecified atom stereocenters. The van der Waals surface area contributed by atoms with Crippen LogP contribution in [0.2, 0.25) is 0 Å². The van der Waals surface area contributed by atoms with Crippen molar-refractivity contribution in [2.45, 2.75) is 80.8 Å². The molecule has 1 heterocycles. The summed E-state index contributed by atoms with van der Waals surface area (Å²) in [6.45, 7) is 23.2. The lowest BCUT2D eigenvalue weighted by Gasteiger charge is -2.24. The van der Waals surface area contributed by atoms with E-state index in [-0.39, 0.29) is 6.10 Å². The third kappa shape index (κ3) is 14.7. The van der Waals surface area contributed by atoms with Crippen molar-refractivity contribution in [2.24, 2.45) is 0 Å². The third-order valence-corrected chi connectivity index (χ3v) is 5.97. The number of nitrogens with one attached hydrogen (secondary N) is 1. The predicted octanol–water partition coefficient (Wildman–Crippen LogP) is 8.61. The Kier molecular flexibility index (Phi) is 20.7. The maximum absolute atomic E-state index is 6.13. The van der Waals surface area contributed by atoms with Crippen molar-refractivity contribution in [3.63, 3.8) is 0 Å². The van der Waals surface area contributed by atoms with Gasteiger partial charge in [-0.2, -0.15) is 0 Å². The molecular formula is C32H53ClN4O3. The second-order valence-corrected chi connectivity index (χ2v) is 9.71. The Bertz CT molecular complexity index is 1050. The predicted molar refractivity (Wildman–Crippen MR) is 173 cm³/mol. The average molecular weight is 577 g/mol. The van der Waals surface area contributed by atoms with Crippen LogP contribution in [0.15, 0.2) is 53.5 Å². The summed E-state index contributed by atoms with van der Waals surface area (Å²) in [5, 5.41) is 4.58. The minimum atomic E-state index is -0.0428. The van der Waals surface area contributed by atoms with E-state index in [1.54, 1.807) is 20.1 Å². The van der Waals surface area contributed by atoms with E-state index < -0.39 is 0 Å². The molecule has 40 heavy (non-hydrogen) atoms. The van der Waals surface area contributed by atoms with Crippen molar-refractivity contribution in [3.8, 4) is 11.5 Å². The van der Waals surface area contributed by atoms with Crippen LogP contribution in [0.3, 0.4) is 0 Å². The quantitative estimate of drug-likeness (QED) is 0.168. The van der Waals surface area contributed by atoms with Crippen LogP contribution in [0, 0.1) is 0 Å². The van der Waals surface area contributed by atoms with Gasteiger partial charge in [0.25, 0.3) is 0 Å². The van der Waals surface area contributed by atoms with Gasteiger partial charge in [0.1, 0.15) is 24.9 Å². The van der Waals surface area contributed by atoms with Gasteiger partial charge in [0.15, 0.2) is 11.5 Å². The van der Waals surface area contributed by atoms with Gasteiger partial charge in [0.2, 0.25) is 0 Å². The number of anilines is 1. The van der Waals surface area contributed by atoms with E-state index in [9.17, 15) is 0 Å². The molecule has 0 radical (unpaired) electrons. The Morgan fingerprint density at radius 1 is 1.15 bits per heavy atom. The van der Waals surface area contributed by atoms with Crippen LogP contribution >= 0.6 is 11.6 Å². The first-order valence-electron chi connectivity index (χ1n) is 14.4. The van der Waals surface area contributed by atoms with Crippen LogP contribution in [0.25, 0.3) is 10.9 Å². The minimum absolute atomic E-state index is 0.0428. The number of methoxy groups -OCH3 is 1. The van der Waals surface area contributed by atoms with Crippen LogP contribution < -0.4 is 14.8 Å². The molecule has 7 nitrogen and oxygen atoms in total. The van der Waals surface area contributed by atoms with E-state index in [2.05, 4.69) is 67.6 Å². The number of fused-ring (bicyclic) bond motifs is 1. The second-order valence-electron chi connectivity index (χ2n) is 9.12. The molecule has 0 saturated carbocycles. The Hall–Kier alpha value is -2.61. The first-order valence-corrected chi connectivity index (χ1v) is 14.7. The lowest BCUT2D eigenvalue weighted by Crippen LogP contribution is -2.35. The largest absolute Gasteiger partial charge is 0.493 e. The summed E-state index contributed by atoms with van der Waals surface area (Å²) < 4.78 is 17.6. The fraction of sp³-hybridized carbons (Fsp3) is 0.562. The van der Waals surface area contributed by atoms with Gasteiger partial charge in [-0.3, -0.25) is 0 Å². The number of hydrogen-bond acceptors (Lipinski definition) is 7. The summed E-state index contributed by atoms with van der Waals surface area (Å²) in [6.07, 6.45) is 8.85. The molecule has 0 amide bonds. The number of allylic oxidation sites excluding steroid dienone is 4. The van der Waals surface area contributed by atoms with Gasteiger partial charge in [-0.15, -0.1) is 0 Å². The fourth-order valence-corrected chi connectivity index (χ4v) is 3.64. The van der Waals surface area contributed by atoms with Gasteiger partial charge in [-0.05, 0) is 66.3 Å². The molecule has 1 atom stereocenters. The molecule has 1 aromatic heterocycles. The van der Waals surface area contributed by atoms with Gasteiger partial charge in [0, 0.05) is 35.3 Å². The molecule has 1 N–H and O–H groups in total. The van der Waals surface area contributed by atoms with Gasteiger partial charge in [0.05, 0.1) is 12.6 Å². The zero-order chi connectivity index (χ0) is 30.5. The molecule has 0 saturated heterocycles. The standard InChI is InChI=1S/C24H35ClN4O3.C6H12.C2H6/c1-7-9-10-29(5)14-19(31-8-2)15-32-23-13-21-20(12-22(23)30-6)24(27-16-26-21)28-18(4)11-17(3)25;1-4-6(3)5-2;1-2/h11-13,16,19H,4,7-10,14-15H2,1-3,5-6H3,(H,26,27,28);4H,5H2,1-3H3;1-2H3/b17-11+;6-4+;. The minimum Gasteiger partial charge on any atom is -0.493 e. The molecule has 0 aliphatic carbocycles. The highest BCUT2D eigenvalue weighted by Crippen LogP contribution is 2.34. The number of unbranched alkanes of at least 4 members (excludes halogenated alkanes) is 1. The molecule has 0 aliphatic heterocycles. The van der Waals surface area contributed by atoms with Gasteiger partial charge < -0.3 is 24.4 Å². The Morgan fingerprint density at radius 3 is 2.38 bits per heavy atom. The Labute approximate surface area is 248 Å². The van der Waals surface area contributed by atoms with E-state index in [4.69, 9.17) is 25.8 Å². The summed E-state index contributed by atoms with van der Waals surface area (Å²) in [6, 6.07) is 3.72. The van der Waals surface area contributed by atoms with Crippen molar-refractivity contribution < 1.29 is 14.2 Å². The normalized spacial score (nSPS) is 12.2. The SMILES string of the molecule is C/C=C(\C)CC.C=C(/C=C(\C)Cl)Nc1ncnc2cc(OCC(CN(C)CCCC)OCC)c(OC)cc12.CC. The summed E-state index contributed by atoms with van der Waals surface area (Å²) in [7, 11) is 3.72. The fourth-order valence-electron chi connectivity index (χ4n) is 3.51. The molecule has 2 rings (SSSR count). The first kappa shape index (κ1) is 37.4. The number of aromatic nitrogens is 2. The van der Waals surface area contributed by atoms with Crippen molar-refractivity contribution in [3.05, 3.63) is 53.5 Å². The molecule has 2 aromatic rings. The lowest BCUT2D eigenvalue weighted by molar-refractivity contribution is 0.00815. The highest BCUT2D eigenvalue weighted by molar-refractivity contribution is 6.29. The van der Waals surface area contributed by atoms with E-state index >= 15 is 0 Å². The number of hydrogen-bond donors (Lipinski definition) is 1. The smallest absolute Gasteiger partial charge is 0.163 e. The van der Waals surface area contributed by atoms with Crippen LogP contribution in [-0.4, -0.2) is 61.4 Å². The van der Waals surface area contributed by atoms with Crippen LogP contribution in [0.4, 0.5) is 5.82 Å². The molecule has 226 valence electrons. The highest BCUT2D eigenvalue weighted by atomic mass is 35.5. The molecule has 0 fully saturated rings. The van der Waals surface area contributed by atoms with E-state index in [1.165, 1.54) is 24.7 Å². The average Bonchev–Trinajstić information content (AvgIpc) is 2.95. The van der Waals surface area contributed by atoms with Crippen molar-refractivity contribution >= 4 is 28.3 Å². The number of nitrogens with zero attached hydrogens (tertiary/aromatic N) is 3. The van der Waals surface area contributed by atoms with Gasteiger partial charge >= 0.3 is 0 Å². The maximum atomic E-state index is 6.13. The van der Waals surface area contributed by atoms with Crippen LogP contribution in [0.1, 0.15) is 74.7 Å².